The Kier molecular flexibility index (Phi) is 8.49. The molecule has 3 heterocycles. The van der Waals surface area contributed by atoms with Crippen molar-refractivity contribution in [3.05, 3.63) is 90.0 Å². The van der Waals surface area contributed by atoms with Crippen molar-refractivity contribution in [2.45, 2.75) is 43.7 Å². The second kappa shape index (κ2) is 12.4. The molecule has 0 amide bonds. The molecule has 0 spiro atoms. The normalized spacial score (nSPS) is 21.0. The maximum absolute atomic E-state index is 14.5. The lowest BCUT2D eigenvalue weighted by atomic mass is 9.94. The number of aliphatic carboxylic acids is 1. The van der Waals surface area contributed by atoms with Gasteiger partial charge in [0.2, 0.25) is 5.28 Å². The molecule has 1 saturated heterocycles. The molecule has 13 nitrogen and oxygen atoms in total. The van der Waals surface area contributed by atoms with Crippen molar-refractivity contribution >= 4 is 53.1 Å². The van der Waals surface area contributed by atoms with Crippen LogP contribution in [-0.4, -0.2) is 60.1 Å². The Morgan fingerprint density at radius 2 is 1.89 bits per heavy atom. The quantitative estimate of drug-likeness (QED) is 0.114. The first-order valence-electron chi connectivity index (χ1n) is 14.0. The van der Waals surface area contributed by atoms with E-state index < -0.39 is 37.7 Å². The number of hydrogen-bond donors (Lipinski definition) is 4. The van der Waals surface area contributed by atoms with Gasteiger partial charge in [-0.3, -0.25) is 13.9 Å². The number of carbonyl (C=O) groups is 1. The van der Waals surface area contributed by atoms with Crippen LogP contribution in [0.25, 0.3) is 21.9 Å². The Balaban J connectivity index is 1.27. The average Bonchev–Trinajstić information content (AvgIpc) is 3.59. The number of nitrogens with zero attached hydrogens (tertiary/aromatic N) is 4. The smallest absolute Gasteiger partial charge is 0.459 e. The number of nitrogens with two attached hydrogens (primary N) is 1. The summed E-state index contributed by atoms with van der Waals surface area (Å²) in [6.45, 7) is 1.10. The van der Waals surface area contributed by atoms with Crippen molar-refractivity contribution in [3.8, 4) is 5.75 Å². The fraction of sp³-hybridized carbons (Fsp3) is 0.267. The summed E-state index contributed by atoms with van der Waals surface area (Å²) in [5.74, 6) is -0.942. The zero-order chi connectivity index (χ0) is 31.8. The lowest BCUT2D eigenvalue weighted by molar-refractivity contribution is -0.143. The number of carboxylic acid groups (broad SMARTS) is 1. The highest BCUT2D eigenvalue weighted by Crippen LogP contribution is 2.49. The van der Waals surface area contributed by atoms with E-state index in [2.05, 4.69) is 20.0 Å². The van der Waals surface area contributed by atoms with Crippen LogP contribution < -0.4 is 15.3 Å². The SMILES string of the molecule is CC(Cc1ccccc1)(NP(=O)(OC[C@@H]1C[C@@H](O)[C@H](n2cnc3c(N)nc(Cl)nc32)O1)Oc1cccc2ccccc12)C(=O)O. The van der Waals surface area contributed by atoms with Gasteiger partial charge in [-0.05, 0) is 35.5 Å². The van der Waals surface area contributed by atoms with Crippen LogP contribution in [0.5, 0.6) is 5.75 Å². The summed E-state index contributed by atoms with van der Waals surface area (Å²) in [7, 11) is -4.43. The first kappa shape index (κ1) is 30.9. The highest BCUT2D eigenvalue weighted by molar-refractivity contribution is 7.52. The number of nitrogens with one attached hydrogen (secondary N) is 1. The number of ether oxygens (including phenoxy) is 1. The number of halogens is 1. The standard InChI is InChI=1S/C30H30ClN6O7P/c1-30(28(39)40,15-18-8-3-2-4-9-18)36-45(41,44-23-13-7-11-19-10-5-6-12-21(19)23)42-16-20-14-22(38)27(43-20)37-17-33-24-25(32)34-29(31)35-26(24)37/h2-13,17,20,22,27,38H,14-16H2,1H3,(H,36,41)(H,39,40)(H2,32,34,35)/t20-,22+,27+,30?,45?/m0/s1. The van der Waals surface area contributed by atoms with Crippen LogP contribution in [0.3, 0.4) is 0 Å². The summed E-state index contributed by atoms with van der Waals surface area (Å²) in [6.07, 6.45) is -1.26. The third-order valence-electron chi connectivity index (χ3n) is 7.52. The second-order valence-corrected chi connectivity index (χ2v) is 12.9. The van der Waals surface area contributed by atoms with Crippen molar-refractivity contribution < 1.29 is 33.4 Å². The number of benzene rings is 3. The molecular formula is C30H30ClN6O7P. The summed E-state index contributed by atoms with van der Waals surface area (Å²) in [6, 6.07) is 21.5. The molecule has 1 aliphatic heterocycles. The molecule has 2 aromatic heterocycles. The lowest BCUT2D eigenvalue weighted by Crippen LogP contribution is -2.50. The van der Waals surface area contributed by atoms with Gasteiger partial charge in [-0.15, -0.1) is 0 Å². The molecule has 0 radical (unpaired) electrons. The van der Waals surface area contributed by atoms with Crippen LogP contribution >= 0.6 is 19.3 Å². The van der Waals surface area contributed by atoms with E-state index in [9.17, 15) is 19.6 Å². The molecule has 0 saturated carbocycles. The van der Waals surface area contributed by atoms with E-state index in [4.69, 9.17) is 31.1 Å². The first-order valence-corrected chi connectivity index (χ1v) is 15.9. The van der Waals surface area contributed by atoms with Crippen molar-refractivity contribution in [3.63, 3.8) is 0 Å². The van der Waals surface area contributed by atoms with E-state index in [1.807, 2.05) is 30.3 Å². The Bertz CT molecular complexity index is 1910. The molecule has 1 aliphatic rings. The lowest BCUT2D eigenvalue weighted by Gasteiger charge is -2.31. The molecule has 1 fully saturated rings. The van der Waals surface area contributed by atoms with Crippen molar-refractivity contribution in [2.24, 2.45) is 0 Å². The summed E-state index contributed by atoms with van der Waals surface area (Å²) in [5.41, 5.74) is 5.42. The van der Waals surface area contributed by atoms with E-state index in [0.29, 0.717) is 16.5 Å². The third-order valence-corrected chi connectivity index (χ3v) is 9.38. The number of imidazole rings is 1. The topological polar surface area (TPSA) is 184 Å². The summed E-state index contributed by atoms with van der Waals surface area (Å²) < 4.78 is 34.1. The number of carboxylic acids is 1. The van der Waals surface area contributed by atoms with Crippen molar-refractivity contribution in [2.75, 3.05) is 12.3 Å². The molecular weight excluding hydrogens is 623 g/mol. The fourth-order valence-corrected chi connectivity index (χ4v) is 7.22. The molecule has 234 valence electrons. The van der Waals surface area contributed by atoms with Gasteiger partial charge in [0, 0.05) is 18.2 Å². The van der Waals surface area contributed by atoms with Crippen LogP contribution in [0.1, 0.15) is 25.1 Å². The van der Waals surface area contributed by atoms with Gasteiger partial charge in [-0.1, -0.05) is 66.7 Å². The number of aliphatic hydroxyl groups excluding tert-OH is 1. The fourth-order valence-electron chi connectivity index (χ4n) is 5.32. The highest BCUT2D eigenvalue weighted by Gasteiger charge is 2.45. The molecule has 2 unspecified atom stereocenters. The molecule has 0 aliphatic carbocycles. The minimum absolute atomic E-state index is 0.0165. The van der Waals surface area contributed by atoms with Gasteiger partial charge in [-0.25, -0.2) is 9.55 Å². The van der Waals surface area contributed by atoms with Gasteiger partial charge in [0.25, 0.3) is 0 Å². The number of aromatic nitrogens is 4. The van der Waals surface area contributed by atoms with Gasteiger partial charge >= 0.3 is 13.7 Å². The first-order chi connectivity index (χ1) is 21.5. The van der Waals surface area contributed by atoms with Crippen molar-refractivity contribution in [1.82, 2.24) is 24.6 Å². The molecule has 6 rings (SSSR count). The maximum atomic E-state index is 14.5. The monoisotopic (exact) mass is 652 g/mol. The highest BCUT2D eigenvalue weighted by atomic mass is 35.5. The number of hydrogen-bond acceptors (Lipinski definition) is 10. The van der Waals surface area contributed by atoms with Gasteiger partial charge in [0.15, 0.2) is 17.7 Å². The zero-order valence-electron chi connectivity index (χ0n) is 24.0. The molecule has 5 aromatic rings. The van der Waals surface area contributed by atoms with Crippen molar-refractivity contribution in [1.29, 1.82) is 0 Å². The van der Waals surface area contributed by atoms with Crippen LogP contribution in [0.4, 0.5) is 5.82 Å². The number of aliphatic hydroxyl groups is 1. The van der Waals surface area contributed by atoms with Crippen LogP contribution in [0.15, 0.2) is 79.1 Å². The average molecular weight is 653 g/mol. The predicted octanol–water partition coefficient (Wildman–Crippen LogP) is 4.74. The van der Waals surface area contributed by atoms with Crippen LogP contribution in [0, 0.1) is 0 Å². The van der Waals surface area contributed by atoms with Gasteiger partial charge in [0.05, 0.1) is 19.0 Å². The van der Waals surface area contributed by atoms with E-state index >= 15 is 0 Å². The predicted molar refractivity (Wildman–Crippen MR) is 167 cm³/mol. The van der Waals surface area contributed by atoms with Crippen LogP contribution in [-0.2, 0) is 25.0 Å². The summed E-state index contributed by atoms with van der Waals surface area (Å²) >= 11 is 5.99. The van der Waals surface area contributed by atoms with Gasteiger partial charge in [-0.2, -0.15) is 15.1 Å². The summed E-state index contributed by atoms with van der Waals surface area (Å²) in [4.78, 5) is 24.9. The molecule has 15 heteroatoms. The van der Waals surface area contributed by atoms with Gasteiger partial charge < -0.3 is 25.2 Å². The minimum atomic E-state index is -4.43. The third kappa shape index (κ3) is 6.50. The molecule has 45 heavy (non-hydrogen) atoms. The van der Waals surface area contributed by atoms with E-state index in [1.165, 1.54) is 17.8 Å². The number of rotatable bonds is 11. The maximum Gasteiger partial charge on any atom is 0.459 e. The van der Waals surface area contributed by atoms with E-state index in [0.717, 1.165) is 5.39 Å². The molecule has 3 aromatic carbocycles. The Morgan fingerprint density at radius 1 is 1.16 bits per heavy atom. The second-order valence-electron chi connectivity index (χ2n) is 10.9. The zero-order valence-corrected chi connectivity index (χ0v) is 25.6. The minimum Gasteiger partial charge on any atom is -0.480 e. The van der Waals surface area contributed by atoms with Crippen LogP contribution in [0.2, 0.25) is 5.28 Å². The molecule has 5 N–H and O–H groups in total. The summed E-state index contributed by atoms with van der Waals surface area (Å²) in [5, 5.41) is 25.3. The molecule has 5 atom stereocenters. The number of nitrogen functional groups attached to an aromatic ring is 1. The number of anilines is 1. The van der Waals surface area contributed by atoms with Gasteiger partial charge in [0.1, 0.15) is 22.9 Å². The molecule has 0 bridgehead atoms. The Morgan fingerprint density at radius 3 is 2.67 bits per heavy atom. The number of fused-ring (bicyclic) bond motifs is 2. The van der Waals surface area contributed by atoms with E-state index in [1.54, 1.807) is 42.5 Å². The van der Waals surface area contributed by atoms with E-state index in [-0.39, 0.29) is 41.9 Å². The Hall–Kier alpha value is -4.10. The Labute approximate surface area is 262 Å². The largest absolute Gasteiger partial charge is 0.480 e.